The molecule has 0 spiro atoms. The average molecular weight is 196 g/mol. The van der Waals surface area contributed by atoms with E-state index in [9.17, 15) is 0 Å². The summed E-state index contributed by atoms with van der Waals surface area (Å²) in [6.07, 6.45) is 2.81. The molecule has 2 heterocycles. The van der Waals surface area contributed by atoms with Crippen molar-refractivity contribution in [1.82, 2.24) is 9.80 Å². The molecule has 2 fully saturated rings. The second kappa shape index (κ2) is 3.82. The Bertz CT molecular complexity index is 200. The molecule has 0 saturated carbocycles. The van der Waals surface area contributed by atoms with Crippen molar-refractivity contribution in [2.24, 2.45) is 0 Å². The number of rotatable bonds is 2. The Morgan fingerprint density at radius 2 is 1.57 bits per heavy atom. The Labute approximate surface area is 88.3 Å². The molecule has 0 aromatic rings. The van der Waals surface area contributed by atoms with Crippen LogP contribution in [0.4, 0.5) is 0 Å². The van der Waals surface area contributed by atoms with Gasteiger partial charge in [0.25, 0.3) is 0 Å². The predicted molar refractivity (Wildman–Crippen MR) is 60.5 cm³/mol. The Morgan fingerprint density at radius 1 is 0.929 bits per heavy atom. The second-order valence-electron chi connectivity index (χ2n) is 5.40. The Kier molecular flexibility index (Phi) is 2.85. The quantitative estimate of drug-likeness (QED) is 0.666. The predicted octanol–water partition coefficient (Wildman–Crippen LogP) is 1.95. The van der Waals surface area contributed by atoms with E-state index in [1.807, 2.05) is 0 Å². The molecule has 2 nitrogen and oxygen atoms in total. The summed E-state index contributed by atoms with van der Waals surface area (Å²) in [5.74, 6) is 0. The van der Waals surface area contributed by atoms with Gasteiger partial charge in [0.05, 0.1) is 0 Å². The zero-order valence-electron chi connectivity index (χ0n) is 10.0. The van der Waals surface area contributed by atoms with Crippen molar-refractivity contribution in [2.45, 2.75) is 64.7 Å². The first-order chi connectivity index (χ1) is 6.61. The van der Waals surface area contributed by atoms with E-state index in [-0.39, 0.29) is 0 Å². The summed E-state index contributed by atoms with van der Waals surface area (Å²) in [5.41, 5.74) is 0. The average Bonchev–Trinajstić information content (AvgIpc) is 2.05. The van der Waals surface area contributed by atoms with Gasteiger partial charge in [0.1, 0.15) is 0 Å². The molecular formula is C12H24N2. The highest BCUT2D eigenvalue weighted by atomic mass is 15.4. The van der Waals surface area contributed by atoms with Gasteiger partial charge in [0, 0.05) is 30.7 Å². The fraction of sp³-hybridized carbons (Fsp3) is 1.00. The zero-order valence-corrected chi connectivity index (χ0v) is 10.0. The number of hydrogen-bond donors (Lipinski definition) is 0. The molecule has 82 valence electrons. The lowest BCUT2D eigenvalue weighted by molar-refractivity contribution is -0.0855. The summed E-state index contributed by atoms with van der Waals surface area (Å²) in [5, 5.41) is 0. The van der Waals surface area contributed by atoms with Crippen LogP contribution in [0.1, 0.15) is 40.5 Å². The first-order valence-corrected chi connectivity index (χ1v) is 6.12. The number of fused-ring (bicyclic) bond motifs is 1. The minimum absolute atomic E-state index is 0.733. The number of likely N-dealkylation sites (tertiary alicyclic amines) is 2. The molecular weight excluding hydrogens is 172 g/mol. The van der Waals surface area contributed by atoms with Gasteiger partial charge in [-0.05, 0) is 47.1 Å². The van der Waals surface area contributed by atoms with Crippen LogP contribution in [0.15, 0.2) is 0 Å². The Balaban J connectivity index is 1.98. The Morgan fingerprint density at radius 3 is 2.14 bits per heavy atom. The summed E-state index contributed by atoms with van der Waals surface area (Å²) in [6.45, 7) is 11.9. The van der Waals surface area contributed by atoms with Gasteiger partial charge in [-0.1, -0.05) is 0 Å². The summed E-state index contributed by atoms with van der Waals surface area (Å²) < 4.78 is 0. The first kappa shape index (κ1) is 10.4. The molecule has 0 N–H and O–H groups in total. The molecule has 2 aliphatic heterocycles. The van der Waals surface area contributed by atoms with Crippen LogP contribution < -0.4 is 0 Å². The highest BCUT2D eigenvalue weighted by Gasteiger charge is 2.45. The van der Waals surface area contributed by atoms with E-state index in [1.54, 1.807) is 0 Å². The van der Waals surface area contributed by atoms with Crippen LogP contribution in [0.5, 0.6) is 0 Å². The SMILES string of the molecule is CC(C)N1CCCC2C1CN2C(C)C. The molecule has 2 atom stereocenters. The largest absolute Gasteiger partial charge is 0.295 e. The van der Waals surface area contributed by atoms with Crippen molar-refractivity contribution in [3.8, 4) is 0 Å². The fourth-order valence-electron chi connectivity index (χ4n) is 3.12. The molecule has 0 aromatic heterocycles. The smallest absolute Gasteiger partial charge is 0.0381 e. The summed E-state index contributed by atoms with van der Waals surface area (Å²) in [4.78, 5) is 5.37. The maximum atomic E-state index is 2.70. The molecule has 2 unspecified atom stereocenters. The standard InChI is InChI=1S/C12H24N2/c1-9(2)13-7-5-6-11-12(13)8-14(11)10(3)4/h9-12H,5-8H2,1-4H3. The molecule has 0 radical (unpaired) electrons. The molecule has 2 rings (SSSR count). The van der Waals surface area contributed by atoms with Gasteiger partial charge < -0.3 is 0 Å². The molecule has 14 heavy (non-hydrogen) atoms. The minimum atomic E-state index is 0.733. The van der Waals surface area contributed by atoms with Crippen molar-refractivity contribution in [1.29, 1.82) is 0 Å². The van der Waals surface area contributed by atoms with Gasteiger partial charge >= 0.3 is 0 Å². The van der Waals surface area contributed by atoms with Gasteiger partial charge in [-0.3, -0.25) is 9.80 Å². The number of hydrogen-bond acceptors (Lipinski definition) is 2. The molecule has 0 aliphatic carbocycles. The molecule has 0 aromatic carbocycles. The lowest BCUT2D eigenvalue weighted by Crippen LogP contribution is -2.71. The summed E-state index contributed by atoms with van der Waals surface area (Å²) in [7, 11) is 0. The maximum Gasteiger partial charge on any atom is 0.0381 e. The normalized spacial score (nSPS) is 34.7. The number of nitrogens with zero attached hydrogens (tertiary/aromatic N) is 2. The van der Waals surface area contributed by atoms with Crippen molar-refractivity contribution in [2.75, 3.05) is 13.1 Å². The van der Waals surface area contributed by atoms with E-state index in [1.165, 1.54) is 25.9 Å². The van der Waals surface area contributed by atoms with Gasteiger partial charge in [0.2, 0.25) is 0 Å². The lowest BCUT2D eigenvalue weighted by atomic mass is 9.84. The van der Waals surface area contributed by atoms with Crippen LogP contribution in [-0.2, 0) is 0 Å². The first-order valence-electron chi connectivity index (χ1n) is 6.12. The van der Waals surface area contributed by atoms with E-state index in [4.69, 9.17) is 0 Å². The Hall–Kier alpha value is -0.0800. The molecule has 0 bridgehead atoms. The van der Waals surface area contributed by atoms with Crippen LogP contribution in [0.25, 0.3) is 0 Å². The van der Waals surface area contributed by atoms with E-state index in [2.05, 4.69) is 37.5 Å². The van der Waals surface area contributed by atoms with Crippen molar-refractivity contribution < 1.29 is 0 Å². The third-order valence-corrected chi connectivity index (χ3v) is 3.94. The highest BCUT2D eigenvalue weighted by molar-refractivity contribution is 5.02. The highest BCUT2D eigenvalue weighted by Crippen LogP contribution is 2.33. The number of piperidine rings is 1. The third kappa shape index (κ3) is 1.59. The van der Waals surface area contributed by atoms with Crippen molar-refractivity contribution in [3.63, 3.8) is 0 Å². The lowest BCUT2D eigenvalue weighted by Gasteiger charge is -2.58. The maximum absolute atomic E-state index is 2.70. The van der Waals surface area contributed by atoms with Gasteiger partial charge in [-0.25, -0.2) is 0 Å². The van der Waals surface area contributed by atoms with Crippen LogP contribution in [0.3, 0.4) is 0 Å². The van der Waals surface area contributed by atoms with Crippen LogP contribution in [0.2, 0.25) is 0 Å². The van der Waals surface area contributed by atoms with Crippen LogP contribution in [0, 0.1) is 0 Å². The molecule has 0 amide bonds. The van der Waals surface area contributed by atoms with Crippen LogP contribution >= 0.6 is 0 Å². The van der Waals surface area contributed by atoms with E-state index < -0.39 is 0 Å². The third-order valence-electron chi connectivity index (χ3n) is 3.94. The monoisotopic (exact) mass is 196 g/mol. The summed E-state index contributed by atoms with van der Waals surface area (Å²) in [6, 6.07) is 3.21. The van der Waals surface area contributed by atoms with Gasteiger partial charge in [-0.15, -0.1) is 0 Å². The van der Waals surface area contributed by atoms with Crippen molar-refractivity contribution in [3.05, 3.63) is 0 Å². The minimum Gasteiger partial charge on any atom is -0.295 e. The summed E-state index contributed by atoms with van der Waals surface area (Å²) >= 11 is 0. The molecule has 2 aliphatic rings. The van der Waals surface area contributed by atoms with Gasteiger partial charge in [0.15, 0.2) is 0 Å². The second-order valence-corrected chi connectivity index (χ2v) is 5.40. The van der Waals surface area contributed by atoms with Crippen molar-refractivity contribution >= 4 is 0 Å². The molecule has 2 saturated heterocycles. The van der Waals surface area contributed by atoms with E-state index in [0.717, 1.165) is 24.2 Å². The molecule has 2 heteroatoms. The fourth-order valence-corrected chi connectivity index (χ4v) is 3.12. The zero-order chi connectivity index (χ0) is 10.3. The van der Waals surface area contributed by atoms with E-state index >= 15 is 0 Å². The van der Waals surface area contributed by atoms with Crippen LogP contribution in [-0.4, -0.2) is 47.1 Å². The van der Waals surface area contributed by atoms with Gasteiger partial charge in [-0.2, -0.15) is 0 Å². The van der Waals surface area contributed by atoms with E-state index in [0.29, 0.717) is 0 Å². The topological polar surface area (TPSA) is 6.48 Å².